The first-order chi connectivity index (χ1) is 12.6. The van der Waals surface area contributed by atoms with E-state index in [0.717, 1.165) is 0 Å². The minimum atomic E-state index is -0.570. The molecule has 5 aromatic rings. The molecule has 0 heterocycles. The molecule has 0 atom stereocenters. The van der Waals surface area contributed by atoms with Crippen molar-refractivity contribution in [2.45, 2.75) is 0 Å². The average molecular weight is 350 g/mol. The quantitative estimate of drug-likeness (QED) is 0.163. The average Bonchev–Trinajstić information content (AvgIpc) is 2.65. The maximum atomic E-state index is 15.3. The van der Waals surface area contributed by atoms with Crippen LogP contribution in [0.3, 0.4) is 0 Å². The molecule has 26 heavy (non-hydrogen) atoms. The standard InChI is InChI=1S/C22H10F4/c23-11-5-7-13-17(9-11)18-10-12(24)6-8-14(18)20-19(13)21(25)15-3-1-2-4-16(15)22(20)26/h1-10H. The van der Waals surface area contributed by atoms with Crippen LogP contribution in [0.2, 0.25) is 0 Å². The van der Waals surface area contributed by atoms with Crippen LogP contribution >= 0.6 is 0 Å². The highest BCUT2D eigenvalue weighted by Crippen LogP contribution is 2.41. The largest absolute Gasteiger partial charge is 0.207 e. The summed E-state index contributed by atoms with van der Waals surface area (Å²) in [7, 11) is 0. The van der Waals surface area contributed by atoms with Crippen molar-refractivity contribution < 1.29 is 17.6 Å². The predicted molar refractivity (Wildman–Crippen MR) is 96.3 cm³/mol. The van der Waals surface area contributed by atoms with Crippen molar-refractivity contribution in [1.82, 2.24) is 0 Å². The van der Waals surface area contributed by atoms with Gasteiger partial charge in [-0.25, -0.2) is 17.6 Å². The fourth-order valence-electron chi connectivity index (χ4n) is 3.78. The first-order valence-electron chi connectivity index (χ1n) is 8.06. The molecule has 0 aliphatic rings. The molecular formula is C22H10F4. The van der Waals surface area contributed by atoms with E-state index >= 15 is 8.78 Å². The number of hydrogen-bond donors (Lipinski definition) is 0. The molecule has 0 aliphatic carbocycles. The highest BCUT2D eigenvalue weighted by Gasteiger charge is 2.20. The monoisotopic (exact) mass is 350 g/mol. The van der Waals surface area contributed by atoms with E-state index in [4.69, 9.17) is 0 Å². The summed E-state index contributed by atoms with van der Waals surface area (Å²) >= 11 is 0. The van der Waals surface area contributed by atoms with Crippen LogP contribution in [-0.2, 0) is 0 Å². The number of benzene rings is 5. The summed E-state index contributed by atoms with van der Waals surface area (Å²) in [5, 5.41) is 1.87. The van der Waals surface area contributed by atoms with Gasteiger partial charge in [-0.3, -0.25) is 0 Å². The molecule has 0 unspecified atom stereocenters. The molecule has 0 amide bonds. The molecule has 0 fully saturated rings. The summed E-state index contributed by atoms with van der Waals surface area (Å²) in [6.45, 7) is 0. The van der Waals surface area contributed by atoms with Crippen molar-refractivity contribution in [1.29, 1.82) is 0 Å². The number of fused-ring (bicyclic) bond motifs is 7. The summed E-state index contributed by atoms with van der Waals surface area (Å²) in [6, 6.07) is 14.0. The van der Waals surface area contributed by atoms with Crippen molar-refractivity contribution in [2.75, 3.05) is 0 Å². The SMILES string of the molecule is Fc1ccc2c(c1)c1cc(F)ccc1c1c(F)c3ccccc3c(F)c21. The lowest BCUT2D eigenvalue weighted by molar-refractivity contribution is 0.628. The lowest BCUT2D eigenvalue weighted by Crippen LogP contribution is -1.94. The zero-order valence-corrected chi connectivity index (χ0v) is 13.3. The number of halogens is 4. The molecular weight excluding hydrogens is 340 g/mol. The van der Waals surface area contributed by atoms with Crippen LogP contribution in [0, 0.1) is 23.3 Å². The van der Waals surface area contributed by atoms with E-state index in [0.29, 0.717) is 21.5 Å². The highest BCUT2D eigenvalue weighted by molar-refractivity contribution is 6.27. The second kappa shape index (κ2) is 5.18. The van der Waals surface area contributed by atoms with Gasteiger partial charge in [0.1, 0.15) is 23.3 Å². The van der Waals surface area contributed by atoms with Crippen molar-refractivity contribution >= 4 is 43.1 Å². The molecule has 0 aromatic heterocycles. The molecule has 0 saturated carbocycles. The van der Waals surface area contributed by atoms with Gasteiger partial charge in [-0.15, -0.1) is 0 Å². The molecule has 126 valence electrons. The van der Waals surface area contributed by atoms with Crippen LogP contribution in [-0.4, -0.2) is 0 Å². The van der Waals surface area contributed by atoms with Gasteiger partial charge < -0.3 is 0 Å². The smallest absolute Gasteiger partial charge is 0.139 e. The maximum absolute atomic E-state index is 15.3. The predicted octanol–water partition coefficient (Wildman–Crippen LogP) is 6.86. The van der Waals surface area contributed by atoms with Gasteiger partial charge >= 0.3 is 0 Å². The van der Waals surface area contributed by atoms with Gasteiger partial charge in [0.25, 0.3) is 0 Å². The Balaban J connectivity index is 2.23. The zero-order valence-electron chi connectivity index (χ0n) is 13.3. The molecule has 0 aliphatic heterocycles. The van der Waals surface area contributed by atoms with E-state index in [2.05, 4.69) is 0 Å². The fourth-order valence-corrected chi connectivity index (χ4v) is 3.78. The Morgan fingerprint density at radius 1 is 0.423 bits per heavy atom. The third kappa shape index (κ3) is 1.90. The summed E-state index contributed by atoms with van der Waals surface area (Å²) in [5.41, 5.74) is 0. The molecule has 0 bridgehead atoms. The van der Waals surface area contributed by atoms with Gasteiger partial charge in [-0.05, 0) is 45.8 Å². The van der Waals surface area contributed by atoms with Gasteiger partial charge in [0.15, 0.2) is 0 Å². The Kier molecular flexibility index (Phi) is 3.02. The molecule has 0 spiro atoms. The normalized spacial score (nSPS) is 11.8. The van der Waals surface area contributed by atoms with Crippen LogP contribution in [0.15, 0.2) is 60.7 Å². The van der Waals surface area contributed by atoms with Gasteiger partial charge in [0.05, 0.1) is 0 Å². The first kappa shape index (κ1) is 15.1. The van der Waals surface area contributed by atoms with Gasteiger partial charge in [-0.1, -0.05) is 36.4 Å². The molecule has 0 N–H and O–H groups in total. The van der Waals surface area contributed by atoms with E-state index in [9.17, 15) is 8.78 Å². The number of rotatable bonds is 0. The van der Waals surface area contributed by atoms with E-state index in [-0.39, 0.29) is 21.5 Å². The van der Waals surface area contributed by atoms with Crippen molar-refractivity contribution in [3.05, 3.63) is 83.9 Å². The Morgan fingerprint density at radius 3 is 1.27 bits per heavy atom. The van der Waals surface area contributed by atoms with Crippen LogP contribution in [0.25, 0.3) is 43.1 Å². The molecule has 5 rings (SSSR count). The van der Waals surface area contributed by atoms with Gasteiger partial charge in [-0.2, -0.15) is 0 Å². The van der Waals surface area contributed by atoms with Crippen LogP contribution < -0.4 is 0 Å². The third-order valence-electron chi connectivity index (χ3n) is 4.88. The van der Waals surface area contributed by atoms with Crippen LogP contribution in [0.1, 0.15) is 0 Å². The van der Waals surface area contributed by atoms with Crippen LogP contribution in [0.4, 0.5) is 17.6 Å². The van der Waals surface area contributed by atoms with Crippen molar-refractivity contribution in [2.24, 2.45) is 0 Å². The lowest BCUT2D eigenvalue weighted by atomic mass is 9.91. The molecule has 5 aromatic carbocycles. The van der Waals surface area contributed by atoms with E-state index in [1.165, 1.54) is 48.5 Å². The Labute approximate surface area is 145 Å². The zero-order chi connectivity index (χ0) is 18.0. The second-order valence-corrected chi connectivity index (χ2v) is 6.30. The van der Waals surface area contributed by atoms with Crippen molar-refractivity contribution in [3.63, 3.8) is 0 Å². The summed E-state index contributed by atoms with van der Waals surface area (Å²) in [4.78, 5) is 0. The Bertz CT molecular complexity index is 1260. The molecule has 0 radical (unpaired) electrons. The summed E-state index contributed by atoms with van der Waals surface area (Å²) in [5.74, 6) is -2.19. The molecule has 0 saturated heterocycles. The van der Waals surface area contributed by atoms with E-state index in [1.54, 1.807) is 12.1 Å². The number of hydrogen-bond acceptors (Lipinski definition) is 0. The molecule has 4 heteroatoms. The lowest BCUT2D eigenvalue weighted by Gasteiger charge is -2.14. The highest BCUT2D eigenvalue weighted by atomic mass is 19.1. The van der Waals surface area contributed by atoms with Crippen LogP contribution in [0.5, 0.6) is 0 Å². The van der Waals surface area contributed by atoms with Crippen molar-refractivity contribution in [3.8, 4) is 0 Å². The summed E-state index contributed by atoms with van der Waals surface area (Å²) in [6.07, 6.45) is 0. The van der Waals surface area contributed by atoms with Gasteiger partial charge in [0.2, 0.25) is 0 Å². The minimum Gasteiger partial charge on any atom is -0.207 e. The van der Waals surface area contributed by atoms with E-state index < -0.39 is 23.3 Å². The Morgan fingerprint density at radius 2 is 0.846 bits per heavy atom. The summed E-state index contributed by atoms with van der Waals surface area (Å²) < 4.78 is 58.4. The maximum Gasteiger partial charge on any atom is 0.139 e. The first-order valence-corrected chi connectivity index (χ1v) is 8.06. The topological polar surface area (TPSA) is 0 Å². The molecule has 0 nitrogen and oxygen atoms in total. The second-order valence-electron chi connectivity index (χ2n) is 6.30. The van der Waals surface area contributed by atoms with Gasteiger partial charge in [0, 0.05) is 21.5 Å². The third-order valence-corrected chi connectivity index (χ3v) is 4.88. The fraction of sp³-hybridized carbons (Fsp3) is 0. The Hall–Kier alpha value is -3.14. The van der Waals surface area contributed by atoms with E-state index in [1.807, 2.05) is 0 Å². The minimum absolute atomic E-state index is 0.0790.